The van der Waals surface area contributed by atoms with Crippen molar-refractivity contribution in [3.63, 3.8) is 0 Å². The molecule has 1 saturated carbocycles. The molecule has 3 rings (SSSR count). The van der Waals surface area contributed by atoms with Crippen LogP contribution in [0.4, 0.5) is 5.95 Å². The number of nitrogens with one attached hydrogen (secondary N) is 2. The summed E-state index contributed by atoms with van der Waals surface area (Å²) < 4.78 is 1.37. The van der Waals surface area contributed by atoms with Gasteiger partial charge in [0.25, 0.3) is 5.91 Å². The van der Waals surface area contributed by atoms with Gasteiger partial charge in [0, 0.05) is 13.0 Å². The lowest BCUT2D eigenvalue weighted by Crippen LogP contribution is -2.23. The molecule has 0 saturated heterocycles. The van der Waals surface area contributed by atoms with Gasteiger partial charge in [0.1, 0.15) is 17.7 Å². The summed E-state index contributed by atoms with van der Waals surface area (Å²) in [6.07, 6.45) is 6.18. The predicted molar refractivity (Wildman–Crippen MR) is 90.1 cm³/mol. The van der Waals surface area contributed by atoms with Crippen LogP contribution in [0.2, 0.25) is 0 Å². The minimum atomic E-state index is -0.257. The van der Waals surface area contributed by atoms with E-state index >= 15 is 0 Å². The Balaban J connectivity index is 1.67. The van der Waals surface area contributed by atoms with E-state index in [0.29, 0.717) is 10.8 Å². The summed E-state index contributed by atoms with van der Waals surface area (Å²) in [5, 5.41) is 10.3. The molecule has 2 heterocycles. The van der Waals surface area contributed by atoms with Gasteiger partial charge in [-0.2, -0.15) is 0 Å². The molecule has 0 aliphatic heterocycles. The topological polar surface area (TPSA) is 102 Å². The van der Waals surface area contributed by atoms with Crippen molar-refractivity contribution >= 4 is 29.1 Å². The van der Waals surface area contributed by atoms with Crippen molar-refractivity contribution in [2.75, 3.05) is 12.4 Å². The van der Waals surface area contributed by atoms with Crippen LogP contribution in [0.5, 0.6) is 0 Å². The molecule has 9 heteroatoms. The second-order valence-electron chi connectivity index (χ2n) is 5.84. The minimum Gasteiger partial charge on any atom is -0.358 e. The SMILES string of the molecule is CNC(=O)Cn1cnc(NC(=O)c2sc(C3CCCC3)nc2C)n1. The number of carbonyl (C=O) groups is 2. The zero-order valence-corrected chi connectivity index (χ0v) is 14.5. The van der Waals surface area contributed by atoms with E-state index in [1.807, 2.05) is 6.92 Å². The number of hydrogen-bond acceptors (Lipinski definition) is 6. The Hall–Kier alpha value is -2.29. The fraction of sp³-hybridized carbons (Fsp3) is 0.533. The van der Waals surface area contributed by atoms with Gasteiger partial charge in [0.2, 0.25) is 11.9 Å². The normalized spacial score (nSPS) is 14.8. The third-order valence-corrected chi connectivity index (χ3v) is 5.39. The predicted octanol–water partition coefficient (Wildman–Crippen LogP) is 1.70. The fourth-order valence-electron chi connectivity index (χ4n) is 2.79. The highest BCUT2D eigenvalue weighted by atomic mass is 32.1. The van der Waals surface area contributed by atoms with Crippen molar-refractivity contribution in [2.45, 2.75) is 45.1 Å². The maximum absolute atomic E-state index is 12.4. The molecule has 2 N–H and O–H groups in total. The molecular weight excluding hydrogens is 328 g/mol. The average Bonchev–Trinajstić information content (AvgIpc) is 3.27. The third kappa shape index (κ3) is 3.61. The number of aromatic nitrogens is 4. The average molecular weight is 348 g/mol. The van der Waals surface area contributed by atoms with Gasteiger partial charge >= 0.3 is 0 Å². The van der Waals surface area contributed by atoms with E-state index in [1.165, 1.54) is 35.2 Å². The Morgan fingerprint density at radius 2 is 2.12 bits per heavy atom. The van der Waals surface area contributed by atoms with E-state index < -0.39 is 0 Å². The summed E-state index contributed by atoms with van der Waals surface area (Å²) in [6, 6.07) is 0. The van der Waals surface area contributed by atoms with Crippen molar-refractivity contribution in [3.05, 3.63) is 21.9 Å². The van der Waals surface area contributed by atoms with Gasteiger partial charge in [-0.15, -0.1) is 16.4 Å². The molecule has 2 aromatic rings. The molecule has 1 fully saturated rings. The van der Waals surface area contributed by atoms with E-state index in [9.17, 15) is 9.59 Å². The highest BCUT2D eigenvalue weighted by Crippen LogP contribution is 2.37. The van der Waals surface area contributed by atoms with Crippen LogP contribution >= 0.6 is 11.3 Å². The van der Waals surface area contributed by atoms with Crippen LogP contribution < -0.4 is 10.6 Å². The van der Waals surface area contributed by atoms with Gasteiger partial charge in [-0.3, -0.25) is 14.9 Å². The zero-order chi connectivity index (χ0) is 17.1. The molecule has 24 heavy (non-hydrogen) atoms. The first-order valence-electron chi connectivity index (χ1n) is 7.95. The van der Waals surface area contributed by atoms with Gasteiger partial charge in [-0.05, 0) is 19.8 Å². The van der Waals surface area contributed by atoms with E-state index in [-0.39, 0.29) is 24.3 Å². The quantitative estimate of drug-likeness (QED) is 0.856. The van der Waals surface area contributed by atoms with Crippen LogP contribution in [0.15, 0.2) is 6.33 Å². The number of aryl methyl sites for hydroxylation is 1. The van der Waals surface area contributed by atoms with Crippen LogP contribution in [-0.4, -0.2) is 38.6 Å². The van der Waals surface area contributed by atoms with Crippen molar-refractivity contribution in [1.29, 1.82) is 0 Å². The number of anilines is 1. The number of thiazole rings is 1. The number of likely N-dealkylation sites (N-methyl/N-ethyl adjacent to an activating group) is 1. The summed E-state index contributed by atoms with van der Waals surface area (Å²) in [5.74, 6) is 0.225. The van der Waals surface area contributed by atoms with E-state index in [1.54, 1.807) is 7.05 Å². The zero-order valence-electron chi connectivity index (χ0n) is 13.7. The molecule has 2 aromatic heterocycles. The number of rotatable bonds is 5. The second kappa shape index (κ2) is 7.08. The summed E-state index contributed by atoms with van der Waals surface area (Å²) >= 11 is 1.46. The third-order valence-electron chi connectivity index (χ3n) is 4.07. The largest absolute Gasteiger partial charge is 0.358 e. The smallest absolute Gasteiger partial charge is 0.270 e. The van der Waals surface area contributed by atoms with Gasteiger partial charge in [-0.1, -0.05) is 12.8 Å². The van der Waals surface area contributed by atoms with Gasteiger partial charge < -0.3 is 5.32 Å². The Bertz CT molecular complexity index is 747. The van der Waals surface area contributed by atoms with Crippen LogP contribution in [0, 0.1) is 6.92 Å². The molecule has 2 amide bonds. The van der Waals surface area contributed by atoms with Crippen LogP contribution in [0.25, 0.3) is 0 Å². The van der Waals surface area contributed by atoms with Crippen molar-refractivity contribution in [2.24, 2.45) is 0 Å². The van der Waals surface area contributed by atoms with Gasteiger partial charge in [0.05, 0.1) is 10.7 Å². The van der Waals surface area contributed by atoms with Crippen molar-refractivity contribution in [3.8, 4) is 0 Å². The first kappa shape index (κ1) is 16.6. The Morgan fingerprint density at radius 3 is 2.83 bits per heavy atom. The highest BCUT2D eigenvalue weighted by Gasteiger charge is 2.24. The lowest BCUT2D eigenvalue weighted by molar-refractivity contribution is -0.121. The Morgan fingerprint density at radius 1 is 1.38 bits per heavy atom. The maximum atomic E-state index is 12.4. The summed E-state index contributed by atoms with van der Waals surface area (Å²) in [7, 11) is 1.55. The first-order valence-corrected chi connectivity index (χ1v) is 8.77. The lowest BCUT2D eigenvalue weighted by Gasteiger charge is -2.02. The highest BCUT2D eigenvalue weighted by molar-refractivity contribution is 7.14. The first-order chi connectivity index (χ1) is 11.6. The van der Waals surface area contributed by atoms with Crippen molar-refractivity contribution in [1.82, 2.24) is 25.1 Å². The second-order valence-corrected chi connectivity index (χ2v) is 6.87. The fourth-order valence-corrected chi connectivity index (χ4v) is 3.92. The summed E-state index contributed by atoms with van der Waals surface area (Å²) in [5.41, 5.74) is 0.740. The molecule has 8 nitrogen and oxygen atoms in total. The summed E-state index contributed by atoms with van der Waals surface area (Å²) in [4.78, 5) is 32.9. The molecule has 1 aliphatic rings. The molecule has 0 spiro atoms. The van der Waals surface area contributed by atoms with E-state index in [0.717, 1.165) is 23.5 Å². The van der Waals surface area contributed by atoms with Gasteiger partial charge in [0.15, 0.2) is 0 Å². The lowest BCUT2D eigenvalue weighted by atomic mass is 10.1. The maximum Gasteiger partial charge on any atom is 0.270 e. The van der Waals surface area contributed by atoms with Crippen LogP contribution in [-0.2, 0) is 11.3 Å². The molecule has 0 unspecified atom stereocenters. The summed E-state index contributed by atoms with van der Waals surface area (Å²) in [6.45, 7) is 1.91. The van der Waals surface area contributed by atoms with Gasteiger partial charge in [-0.25, -0.2) is 14.6 Å². The minimum absolute atomic E-state index is 0.0603. The number of amides is 2. The molecule has 0 radical (unpaired) electrons. The Labute approximate surface area is 143 Å². The molecular formula is C15H20N6O2S. The van der Waals surface area contributed by atoms with Crippen molar-refractivity contribution < 1.29 is 9.59 Å². The molecule has 0 atom stereocenters. The van der Waals surface area contributed by atoms with Crippen LogP contribution in [0.3, 0.4) is 0 Å². The van der Waals surface area contributed by atoms with E-state index in [2.05, 4.69) is 25.7 Å². The van der Waals surface area contributed by atoms with E-state index in [4.69, 9.17) is 0 Å². The monoisotopic (exact) mass is 348 g/mol. The number of nitrogens with zero attached hydrogens (tertiary/aromatic N) is 4. The standard InChI is InChI=1S/C15H20N6O2S/c1-9-12(24-14(18-9)10-5-3-4-6-10)13(23)19-15-17-8-21(20-15)7-11(22)16-2/h8,10H,3-7H2,1-2H3,(H,16,22)(H,19,20,23). The van der Waals surface area contributed by atoms with Crippen LogP contribution in [0.1, 0.15) is 52.0 Å². The molecule has 0 aromatic carbocycles. The molecule has 0 bridgehead atoms. The number of hydrogen-bond donors (Lipinski definition) is 2. The molecule has 128 valence electrons. The number of carbonyl (C=O) groups excluding carboxylic acids is 2. The Kier molecular flexibility index (Phi) is 4.89. The molecule has 1 aliphatic carbocycles.